The molecule has 1 aliphatic carbocycles. The lowest BCUT2D eigenvalue weighted by Gasteiger charge is -2.21. The van der Waals surface area contributed by atoms with E-state index in [4.69, 9.17) is 9.47 Å². The third-order valence-corrected chi connectivity index (χ3v) is 5.23. The second-order valence-electron chi connectivity index (χ2n) is 7.24. The molecule has 27 heavy (non-hydrogen) atoms. The molecule has 5 heteroatoms. The minimum atomic E-state index is -0.226. The van der Waals surface area contributed by atoms with E-state index in [1.165, 1.54) is 6.42 Å². The predicted molar refractivity (Wildman–Crippen MR) is 105 cm³/mol. The third-order valence-electron chi connectivity index (χ3n) is 5.23. The summed E-state index contributed by atoms with van der Waals surface area (Å²) in [4.78, 5) is 26.0. The van der Waals surface area contributed by atoms with Crippen LogP contribution in [0, 0.1) is 5.92 Å². The number of amides is 1. The fraction of sp³-hybridized carbons (Fsp3) is 0.455. The minimum absolute atomic E-state index is 0.0330. The lowest BCUT2D eigenvalue weighted by atomic mass is 9.89. The summed E-state index contributed by atoms with van der Waals surface area (Å²) in [5.74, 6) is 0.377. The van der Waals surface area contributed by atoms with Crippen LogP contribution in [0.3, 0.4) is 0 Å². The van der Waals surface area contributed by atoms with Crippen LogP contribution >= 0.6 is 0 Å². The van der Waals surface area contributed by atoms with Crippen molar-refractivity contribution >= 4 is 22.6 Å². The van der Waals surface area contributed by atoms with E-state index in [2.05, 4.69) is 6.07 Å². The van der Waals surface area contributed by atoms with Crippen molar-refractivity contribution in [1.82, 2.24) is 4.90 Å². The Labute approximate surface area is 160 Å². The summed E-state index contributed by atoms with van der Waals surface area (Å²) in [6.45, 7) is 0.290. The molecule has 0 aromatic heterocycles. The number of fused-ring (bicyclic) bond motifs is 1. The number of nitrogens with zero attached hydrogens (tertiary/aromatic N) is 1. The van der Waals surface area contributed by atoms with Crippen molar-refractivity contribution in [2.75, 3.05) is 20.8 Å². The molecule has 1 aliphatic rings. The second-order valence-corrected chi connectivity index (χ2v) is 7.24. The summed E-state index contributed by atoms with van der Waals surface area (Å²) >= 11 is 0. The highest BCUT2D eigenvalue weighted by molar-refractivity contribution is 5.85. The monoisotopic (exact) mass is 369 g/mol. The molecule has 1 amide bonds. The number of carbonyl (C=O) groups excluding carboxylic acids is 2. The van der Waals surface area contributed by atoms with Crippen LogP contribution in [-0.4, -0.2) is 37.5 Å². The van der Waals surface area contributed by atoms with Gasteiger partial charge >= 0.3 is 5.97 Å². The van der Waals surface area contributed by atoms with E-state index in [-0.39, 0.29) is 24.4 Å². The number of benzene rings is 2. The Morgan fingerprint density at radius 3 is 2.48 bits per heavy atom. The zero-order valence-corrected chi connectivity index (χ0v) is 16.1. The molecule has 3 rings (SSSR count). The lowest BCUT2D eigenvalue weighted by molar-refractivity contribution is -0.156. The van der Waals surface area contributed by atoms with Crippen LogP contribution in [0.1, 0.15) is 37.7 Å². The Kier molecular flexibility index (Phi) is 6.32. The van der Waals surface area contributed by atoms with Gasteiger partial charge in [0.2, 0.25) is 0 Å². The quantitative estimate of drug-likeness (QED) is 0.724. The summed E-state index contributed by atoms with van der Waals surface area (Å²) in [6.07, 6.45) is 5.09. The van der Waals surface area contributed by atoms with Gasteiger partial charge in [0, 0.05) is 13.6 Å². The molecule has 0 bridgehead atoms. The number of hydrogen-bond acceptors (Lipinski definition) is 4. The van der Waals surface area contributed by atoms with E-state index in [1.54, 1.807) is 19.1 Å². The van der Waals surface area contributed by atoms with Crippen LogP contribution in [0.2, 0.25) is 0 Å². The van der Waals surface area contributed by atoms with Gasteiger partial charge in [-0.15, -0.1) is 0 Å². The molecule has 0 radical (unpaired) electrons. The van der Waals surface area contributed by atoms with Crippen LogP contribution in [0.5, 0.6) is 5.75 Å². The standard InChI is InChI=1S/C22H27NO4/c1-23(21(24)15-27-22(25)17-6-4-3-5-7-17)14-16-8-9-19-13-20(26-2)11-10-18(19)12-16/h8-13,17H,3-7,14-15H2,1-2H3. The summed E-state index contributed by atoms with van der Waals surface area (Å²) in [6, 6.07) is 12.0. The first-order valence-electron chi connectivity index (χ1n) is 9.54. The van der Waals surface area contributed by atoms with Crippen molar-refractivity contribution in [2.45, 2.75) is 38.6 Å². The largest absolute Gasteiger partial charge is 0.497 e. The van der Waals surface area contributed by atoms with Crippen LogP contribution in [0.25, 0.3) is 10.8 Å². The SMILES string of the molecule is COc1ccc2cc(CN(C)C(=O)COC(=O)C3CCCCC3)ccc2c1. The molecule has 5 nitrogen and oxygen atoms in total. The van der Waals surface area contributed by atoms with Crippen molar-refractivity contribution in [1.29, 1.82) is 0 Å². The highest BCUT2D eigenvalue weighted by Gasteiger charge is 2.23. The Morgan fingerprint density at radius 1 is 1.04 bits per heavy atom. The first kappa shape index (κ1) is 19.2. The van der Waals surface area contributed by atoms with Crippen molar-refractivity contribution < 1.29 is 19.1 Å². The topological polar surface area (TPSA) is 55.8 Å². The van der Waals surface area contributed by atoms with Crippen molar-refractivity contribution in [3.8, 4) is 5.75 Å². The molecular weight excluding hydrogens is 342 g/mol. The minimum Gasteiger partial charge on any atom is -0.497 e. The first-order chi connectivity index (χ1) is 13.1. The Bertz CT molecular complexity index is 811. The Morgan fingerprint density at radius 2 is 1.74 bits per heavy atom. The van der Waals surface area contributed by atoms with Gasteiger partial charge in [-0.3, -0.25) is 9.59 Å². The second kappa shape index (κ2) is 8.89. The van der Waals surface area contributed by atoms with Gasteiger partial charge in [0.05, 0.1) is 13.0 Å². The summed E-state index contributed by atoms with van der Waals surface area (Å²) in [7, 11) is 3.38. The zero-order valence-electron chi connectivity index (χ0n) is 16.1. The van der Waals surface area contributed by atoms with E-state index in [9.17, 15) is 9.59 Å². The average molecular weight is 369 g/mol. The molecule has 0 unspecified atom stereocenters. The molecule has 0 heterocycles. The molecule has 2 aromatic carbocycles. The number of likely N-dealkylation sites (N-methyl/N-ethyl adjacent to an activating group) is 1. The molecule has 144 valence electrons. The van der Waals surface area contributed by atoms with Crippen molar-refractivity contribution in [3.05, 3.63) is 42.0 Å². The van der Waals surface area contributed by atoms with E-state index in [1.807, 2.05) is 30.3 Å². The Hall–Kier alpha value is -2.56. The van der Waals surface area contributed by atoms with Gasteiger partial charge in [-0.2, -0.15) is 0 Å². The van der Waals surface area contributed by atoms with Gasteiger partial charge in [-0.1, -0.05) is 37.5 Å². The first-order valence-corrected chi connectivity index (χ1v) is 9.54. The normalized spacial score (nSPS) is 14.7. The maximum absolute atomic E-state index is 12.3. The zero-order chi connectivity index (χ0) is 19.2. The maximum Gasteiger partial charge on any atom is 0.309 e. The molecule has 0 atom stereocenters. The predicted octanol–water partition coefficient (Wildman–Crippen LogP) is 3.93. The number of methoxy groups -OCH3 is 1. The van der Waals surface area contributed by atoms with Crippen molar-refractivity contribution in [3.63, 3.8) is 0 Å². The van der Waals surface area contributed by atoms with E-state index in [0.717, 1.165) is 47.8 Å². The van der Waals surface area contributed by atoms with Crippen LogP contribution in [0.4, 0.5) is 0 Å². The van der Waals surface area contributed by atoms with Crippen LogP contribution in [0.15, 0.2) is 36.4 Å². The van der Waals surface area contributed by atoms with E-state index >= 15 is 0 Å². The summed E-state index contributed by atoms with van der Waals surface area (Å²) < 4.78 is 10.5. The molecule has 0 N–H and O–H groups in total. The average Bonchev–Trinajstić information content (AvgIpc) is 2.71. The highest BCUT2D eigenvalue weighted by atomic mass is 16.5. The number of carbonyl (C=O) groups is 2. The molecule has 1 fully saturated rings. The van der Waals surface area contributed by atoms with Gasteiger partial charge in [0.1, 0.15) is 5.75 Å². The van der Waals surface area contributed by atoms with Crippen LogP contribution < -0.4 is 4.74 Å². The fourth-order valence-corrected chi connectivity index (χ4v) is 3.56. The van der Waals surface area contributed by atoms with Crippen molar-refractivity contribution in [2.24, 2.45) is 5.92 Å². The number of esters is 1. The van der Waals surface area contributed by atoms with Gasteiger partial charge in [0.15, 0.2) is 6.61 Å². The number of ether oxygens (including phenoxy) is 2. The van der Waals surface area contributed by atoms with Gasteiger partial charge in [0.25, 0.3) is 5.91 Å². The molecule has 1 saturated carbocycles. The molecular formula is C22H27NO4. The van der Waals surface area contributed by atoms with E-state index in [0.29, 0.717) is 6.54 Å². The molecule has 0 saturated heterocycles. The number of rotatable bonds is 6. The Balaban J connectivity index is 1.54. The van der Waals surface area contributed by atoms with Gasteiger partial charge in [-0.25, -0.2) is 0 Å². The lowest BCUT2D eigenvalue weighted by Crippen LogP contribution is -2.32. The fourth-order valence-electron chi connectivity index (χ4n) is 3.56. The summed E-state index contributed by atoms with van der Waals surface area (Å²) in [5, 5.41) is 2.19. The third kappa shape index (κ3) is 5.00. The highest BCUT2D eigenvalue weighted by Crippen LogP contribution is 2.25. The molecule has 0 aliphatic heterocycles. The van der Waals surface area contributed by atoms with Gasteiger partial charge in [-0.05, 0) is 47.4 Å². The number of hydrogen-bond donors (Lipinski definition) is 0. The smallest absolute Gasteiger partial charge is 0.309 e. The maximum atomic E-state index is 12.3. The molecule has 2 aromatic rings. The summed E-state index contributed by atoms with van der Waals surface area (Å²) in [5.41, 5.74) is 1.03. The van der Waals surface area contributed by atoms with Crippen LogP contribution in [-0.2, 0) is 20.9 Å². The van der Waals surface area contributed by atoms with E-state index < -0.39 is 0 Å². The molecule has 0 spiro atoms. The van der Waals surface area contributed by atoms with Gasteiger partial charge < -0.3 is 14.4 Å².